The molecule has 0 aliphatic rings. The van der Waals surface area contributed by atoms with Crippen molar-refractivity contribution in [2.75, 3.05) is 10.6 Å². The van der Waals surface area contributed by atoms with E-state index in [1.807, 2.05) is 6.92 Å². The van der Waals surface area contributed by atoms with Crippen LogP contribution < -0.4 is 15.8 Å². The zero-order chi connectivity index (χ0) is 20.6. The molecule has 0 bridgehead atoms. The van der Waals surface area contributed by atoms with Crippen LogP contribution in [0.25, 0.3) is 0 Å². The molecule has 148 valence electrons. The number of halogens is 2. The lowest BCUT2D eigenvalue weighted by atomic mass is 10.0. The first-order valence-electron chi connectivity index (χ1n) is 7.90. The van der Waals surface area contributed by atoms with Crippen LogP contribution in [0.2, 0.25) is 5.02 Å². The van der Waals surface area contributed by atoms with Gasteiger partial charge in [0.25, 0.3) is 0 Å². The highest BCUT2D eigenvalue weighted by molar-refractivity contribution is 9.10. The lowest BCUT2D eigenvalue weighted by Gasteiger charge is -2.27. The minimum Gasteiger partial charge on any atom is -0.388 e. The average Bonchev–Trinajstić information content (AvgIpc) is 2.47. The molecule has 0 amide bonds. The standard InChI is InChI=1S/C16H21BrClN5O3S/c1-8-5-10(6-12(18)13(8)27(19,25)26)22-15-20-7-11(17)14(23-15)21-9(2)16(3,4)24/h5-7,9,24H,1-4H3,(H2,19,25,26)(H2,20,21,22,23)/t9-/m1/s1. The van der Waals surface area contributed by atoms with Crippen molar-refractivity contribution in [3.05, 3.63) is 33.4 Å². The third-order valence-corrected chi connectivity index (χ3v) is 6.03. The fraction of sp³-hybridized carbons (Fsp3) is 0.375. The average molecular weight is 479 g/mol. The molecule has 0 fully saturated rings. The molecule has 5 N–H and O–H groups in total. The fourth-order valence-corrected chi connectivity index (χ4v) is 3.94. The van der Waals surface area contributed by atoms with E-state index < -0.39 is 15.6 Å². The highest BCUT2D eigenvalue weighted by Crippen LogP contribution is 2.30. The van der Waals surface area contributed by atoms with Crippen molar-refractivity contribution >= 4 is 55.0 Å². The van der Waals surface area contributed by atoms with Crippen LogP contribution in [0, 0.1) is 6.92 Å². The zero-order valence-electron chi connectivity index (χ0n) is 15.2. The second-order valence-electron chi connectivity index (χ2n) is 6.68. The number of anilines is 3. The van der Waals surface area contributed by atoms with Gasteiger partial charge >= 0.3 is 0 Å². The Labute approximate surface area is 171 Å². The summed E-state index contributed by atoms with van der Waals surface area (Å²) in [6.07, 6.45) is 1.56. The van der Waals surface area contributed by atoms with Crippen LogP contribution in [0.15, 0.2) is 27.7 Å². The smallest absolute Gasteiger partial charge is 0.239 e. The van der Waals surface area contributed by atoms with Crippen molar-refractivity contribution in [3.63, 3.8) is 0 Å². The summed E-state index contributed by atoms with van der Waals surface area (Å²) >= 11 is 9.44. The van der Waals surface area contributed by atoms with E-state index in [1.54, 1.807) is 33.0 Å². The Bertz CT molecular complexity index is 940. The molecule has 2 rings (SSSR count). The van der Waals surface area contributed by atoms with Gasteiger partial charge in [0, 0.05) is 11.9 Å². The van der Waals surface area contributed by atoms with Gasteiger partial charge in [-0.3, -0.25) is 0 Å². The van der Waals surface area contributed by atoms with E-state index in [0.29, 0.717) is 21.5 Å². The SMILES string of the molecule is Cc1cc(Nc2ncc(Br)c(N[C@H](C)C(C)(C)O)n2)cc(Cl)c1S(N)(=O)=O. The normalized spacial score (nSPS) is 13.3. The first-order valence-corrected chi connectivity index (χ1v) is 10.6. The number of benzene rings is 1. The van der Waals surface area contributed by atoms with Gasteiger partial charge in [0.05, 0.1) is 21.1 Å². The zero-order valence-corrected chi connectivity index (χ0v) is 18.4. The molecular weight excluding hydrogens is 458 g/mol. The first-order chi connectivity index (χ1) is 12.3. The Morgan fingerprint density at radius 3 is 2.52 bits per heavy atom. The molecule has 2 aromatic rings. The van der Waals surface area contributed by atoms with E-state index in [2.05, 4.69) is 36.5 Å². The third-order valence-electron chi connectivity index (χ3n) is 3.93. The monoisotopic (exact) mass is 477 g/mol. The Morgan fingerprint density at radius 1 is 1.37 bits per heavy atom. The summed E-state index contributed by atoms with van der Waals surface area (Å²) < 4.78 is 23.9. The van der Waals surface area contributed by atoms with Crippen molar-refractivity contribution in [1.82, 2.24) is 9.97 Å². The van der Waals surface area contributed by atoms with Gasteiger partial charge < -0.3 is 15.7 Å². The predicted octanol–water partition coefficient (Wildman–Crippen LogP) is 3.16. The first kappa shape index (κ1) is 21.8. The molecule has 0 spiro atoms. The number of nitrogens with two attached hydrogens (primary N) is 1. The summed E-state index contributed by atoms with van der Waals surface area (Å²) in [5.41, 5.74) is -0.0427. The van der Waals surface area contributed by atoms with E-state index in [9.17, 15) is 13.5 Å². The van der Waals surface area contributed by atoms with Crippen LogP contribution in [0.1, 0.15) is 26.3 Å². The molecule has 1 heterocycles. The van der Waals surface area contributed by atoms with Gasteiger partial charge in [-0.15, -0.1) is 0 Å². The van der Waals surface area contributed by atoms with E-state index in [-0.39, 0.29) is 21.9 Å². The van der Waals surface area contributed by atoms with E-state index >= 15 is 0 Å². The Kier molecular flexibility index (Phi) is 6.37. The number of nitrogens with zero attached hydrogens (tertiary/aromatic N) is 2. The van der Waals surface area contributed by atoms with Crippen LogP contribution in [0.5, 0.6) is 0 Å². The predicted molar refractivity (Wildman–Crippen MR) is 110 cm³/mol. The molecule has 0 aliphatic carbocycles. The molecule has 0 unspecified atom stereocenters. The summed E-state index contributed by atoms with van der Waals surface area (Å²) in [6, 6.07) is 2.75. The van der Waals surface area contributed by atoms with Gasteiger partial charge in [-0.25, -0.2) is 18.5 Å². The molecule has 0 aliphatic heterocycles. The summed E-state index contributed by atoms with van der Waals surface area (Å²) in [6.45, 7) is 6.81. The van der Waals surface area contributed by atoms with Crippen LogP contribution >= 0.6 is 27.5 Å². The van der Waals surface area contributed by atoms with Crippen molar-refractivity contribution in [1.29, 1.82) is 0 Å². The minimum absolute atomic E-state index is 0.00566. The maximum atomic E-state index is 11.6. The number of hydrogen-bond acceptors (Lipinski definition) is 7. The molecule has 0 saturated carbocycles. The Hall–Kier alpha value is -1.46. The quantitative estimate of drug-likeness (QED) is 0.501. The van der Waals surface area contributed by atoms with Gasteiger partial charge in [-0.1, -0.05) is 11.6 Å². The van der Waals surface area contributed by atoms with E-state index in [0.717, 1.165) is 0 Å². The summed E-state index contributed by atoms with van der Waals surface area (Å²) in [5.74, 6) is 0.758. The number of rotatable bonds is 6. The molecule has 0 saturated heterocycles. The topological polar surface area (TPSA) is 130 Å². The Balaban J connectivity index is 2.32. The van der Waals surface area contributed by atoms with E-state index in [4.69, 9.17) is 16.7 Å². The van der Waals surface area contributed by atoms with Crippen molar-refractivity contribution in [2.24, 2.45) is 5.14 Å². The molecule has 1 aromatic heterocycles. The van der Waals surface area contributed by atoms with Gasteiger partial charge in [-0.05, 0) is 61.3 Å². The number of nitrogens with one attached hydrogen (secondary N) is 2. The molecule has 8 nitrogen and oxygen atoms in total. The second-order valence-corrected chi connectivity index (χ2v) is 9.44. The van der Waals surface area contributed by atoms with Gasteiger partial charge in [0.15, 0.2) is 0 Å². The van der Waals surface area contributed by atoms with Crippen molar-refractivity contribution in [3.8, 4) is 0 Å². The summed E-state index contributed by atoms with van der Waals surface area (Å²) in [4.78, 5) is 8.43. The number of aliphatic hydroxyl groups is 1. The fourth-order valence-electron chi connectivity index (χ4n) is 2.20. The summed E-state index contributed by atoms with van der Waals surface area (Å²) in [7, 11) is -3.92. The van der Waals surface area contributed by atoms with E-state index in [1.165, 1.54) is 6.07 Å². The second kappa shape index (κ2) is 7.88. The molecule has 0 radical (unpaired) electrons. The maximum Gasteiger partial charge on any atom is 0.239 e. The van der Waals surface area contributed by atoms with Crippen LogP contribution in [-0.2, 0) is 10.0 Å². The number of primary sulfonamides is 1. The van der Waals surface area contributed by atoms with Crippen molar-refractivity contribution in [2.45, 2.75) is 44.2 Å². The highest BCUT2D eigenvalue weighted by atomic mass is 79.9. The maximum absolute atomic E-state index is 11.6. The molecule has 1 atom stereocenters. The van der Waals surface area contributed by atoms with Crippen LogP contribution in [-0.4, -0.2) is 35.1 Å². The number of aromatic nitrogens is 2. The van der Waals surface area contributed by atoms with Crippen LogP contribution in [0.3, 0.4) is 0 Å². The number of aryl methyl sites for hydroxylation is 1. The lowest BCUT2D eigenvalue weighted by Crippen LogP contribution is -2.39. The minimum atomic E-state index is -3.92. The molecule has 11 heteroatoms. The van der Waals surface area contributed by atoms with Gasteiger partial charge in [0.2, 0.25) is 16.0 Å². The molecular formula is C16H21BrClN5O3S. The summed E-state index contributed by atoms with van der Waals surface area (Å²) in [5, 5.41) is 21.4. The Morgan fingerprint density at radius 2 is 2.00 bits per heavy atom. The molecule has 1 aromatic carbocycles. The largest absolute Gasteiger partial charge is 0.388 e. The number of hydrogen-bond donors (Lipinski definition) is 4. The number of sulfonamides is 1. The molecule has 27 heavy (non-hydrogen) atoms. The van der Waals surface area contributed by atoms with Crippen molar-refractivity contribution < 1.29 is 13.5 Å². The highest BCUT2D eigenvalue weighted by Gasteiger charge is 2.23. The lowest BCUT2D eigenvalue weighted by molar-refractivity contribution is 0.0647. The third kappa shape index (κ3) is 5.52. The van der Waals surface area contributed by atoms with Gasteiger partial charge in [-0.2, -0.15) is 4.98 Å². The van der Waals surface area contributed by atoms with Gasteiger partial charge in [0.1, 0.15) is 10.7 Å². The van der Waals surface area contributed by atoms with Crippen LogP contribution in [0.4, 0.5) is 17.5 Å².